The number of nitrogen functional groups attached to an aromatic ring is 1. The first-order valence-electron chi connectivity index (χ1n) is 14.2. The Balaban J connectivity index is 1.25. The molecule has 0 unspecified atom stereocenters. The SMILES string of the molecule is COc1ccc(CN(C)c2cc(Cl)nc3c2ncn3C(=O)N[C@H](C)COCc2cc(N)c(=O)n(-c3ccc(C)nn3)c2)c(OC)c1. The van der Waals surface area contributed by atoms with Crippen LogP contribution in [0.3, 0.4) is 0 Å². The molecule has 0 aliphatic carbocycles. The van der Waals surface area contributed by atoms with Crippen LogP contribution in [0.25, 0.3) is 17.0 Å². The van der Waals surface area contributed by atoms with Crippen LogP contribution in [-0.2, 0) is 17.9 Å². The minimum atomic E-state index is -0.450. The van der Waals surface area contributed by atoms with Gasteiger partial charge in [0.2, 0.25) is 0 Å². The summed E-state index contributed by atoms with van der Waals surface area (Å²) in [5.74, 6) is 1.71. The minimum Gasteiger partial charge on any atom is -0.497 e. The number of fused-ring (bicyclic) bond motifs is 1. The van der Waals surface area contributed by atoms with E-state index in [9.17, 15) is 9.59 Å². The van der Waals surface area contributed by atoms with Crippen LogP contribution >= 0.6 is 11.6 Å². The Bertz CT molecular complexity index is 1930. The highest BCUT2D eigenvalue weighted by Gasteiger charge is 2.20. The third-order valence-corrected chi connectivity index (χ3v) is 7.32. The Morgan fingerprint density at radius 1 is 1.13 bits per heavy atom. The molecule has 0 fully saturated rings. The largest absolute Gasteiger partial charge is 0.497 e. The van der Waals surface area contributed by atoms with E-state index in [1.807, 2.05) is 30.1 Å². The normalized spacial score (nSPS) is 11.8. The van der Waals surface area contributed by atoms with E-state index in [1.54, 1.807) is 58.5 Å². The molecule has 4 aromatic heterocycles. The van der Waals surface area contributed by atoms with Gasteiger partial charge in [-0.15, -0.1) is 5.10 Å². The fourth-order valence-corrected chi connectivity index (χ4v) is 5.00. The van der Waals surface area contributed by atoms with Crippen LogP contribution in [-0.4, -0.2) is 69.2 Å². The van der Waals surface area contributed by atoms with Crippen molar-refractivity contribution in [3.8, 4) is 17.3 Å². The molecule has 5 rings (SSSR count). The van der Waals surface area contributed by atoms with Crippen LogP contribution in [0, 0.1) is 6.92 Å². The lowest BCUT2D eigenvalue weighted by atomic mass is 10.1. The number of nitrogens with zero attached hydrogens (tertiary/aromatic N) is 7. The third-order valence-electron chi connectivity index (χ3n) is 7.12. The average Bonchev–Trinajstić information content (AvgIpc) is 3.46. The van der Waals surface area contributed by atoms with E-state index in [0.717, 1.165) is 11.3 Å². The first-order chi connectivity index (χ1) is 22.1. The summed E-state index contributed by atoms with van der Waals surface area (Å²) >= 11 is 6.40. The van der Waals surface area contributed by atoms with E-state index in [1.165, 1.54) is 15.5 Å². The predicted octanol–water partition coefficient (Wildman–Crippen LogP) is 3.73. The summed E-state index contributed by atoms with van der Waals surface area (Å²) < 4.78 is 19.3. The molecule has 0 saturated heterocycles. The zero-order valence-corrected chi connectivity index (χ0v) is 26.8. The second kappa shape index (κ2) is 13.8. The first kappa shape index (κ1) is 32.2. The van der Waals surface area contributed by atoms with Crippen LogP contribution < -0.4 is 31.0 Å². The number of hydrogen-bond acceptors (Lipinski definition) is 11. The predicted molar refractivity (Wildman–Crippen MR) is 174 cm³/mol. The van der Waals surface area contributed by atoms with Gasteiger partial charge in [0.05, 0.1) is 50.5 Å². The van der Waals surface area contributed by atoms with Crippen molar-refractivity contribution in [1.29, 1.82) is 0 Å². The van der Waals surface area contributed by atoms with Gasteiger partial charge in [0.1, 0.15) is 28.5 Å². The topological polar surface area (TPSA) is 165 Å². The van der Waals surface area contributed by atoms with Crippen molar-refractivity contribution in [3.05, 3.63) is 87.3 Å². The van der Waals surface area contributed by atoms with Crippen molar-refractivity contribution in [2.45, 2.75) is 33.0 Å². The van der Waals surface area contributed by atoms with Crippen LogP contribution in [0.15, 0.2) is 59.8 Å². The number of benzene rings is 1. The van der Waals surface area contributed by atoms with Gasteiger partial charge >= 0.3 is 6.03 Å². The number of methoxy groups -OCH3 is 2. The number of nitrogens with two attached hydrogens (primary N) is 1. The Hall–Kier alpha value is -5.21. The maximum absolute atomic E-state index is 13.3. The van der Waals surface area contributed by atoms with Gasteiger partial charge < -0.3 is 30.2 Å². The van der Waals surface area contributed by atoms with Gasteiger partial charge in [-0.2, -0.15) is 5.10 Å². The monoisotopic (exact) mass is 647 g/mol. The molecule has 0 aliphatic rings. The number of aryl methyl sites for hydroxylation is 1. The lowest BCUT2D eigenvalue weighted by Crippen LogP contribution is -2.38. The molecule has 5 aromatic rings. The molecule has 46 heavy (non-hydrogen) atoms. The zero-order chi connectivity index (χ0) is 33.0. The Labute approximate surface area is 269 Å². The lowest BCUT2D eigenvalue weighted by molar-refractivity contribution is 0.104. The van der Waals surface area contributed by atoms with Gasteiger partial charge in [0, 0.05) is 37.5 Å². The summed E-state index contributed by atoms with van der Waals surface area (Å²) in [5, 5.41) is 11.2. The molecule has 1 amide bonds. The van der Waals surface area contributed by atoms with Crippen LogP contribution in [0.2, 0.25) is 5.15 Å². The van der Waals surface area contributed by atoms with Gasteiger partial charge in [-0.3, -0.25) is 9.36 Å². The fourth-order valence-electron chi connectivity index (χ4n) is 4.81. The van der Waals surface area contributed by atoms with Crippen LogP contribution in [0.5, 0.6) is 11.5 Å². The van der Waals surface area contributed by atoms with Crippen molar-refractivity contribution >= 4 is 40.2 Å². The van der Waals surface area contributed by atoms with Gasteiger partial charge in [-0.25, -0.2) is 19.3 Å². The Morgan fingerprint density at radius 2 is 1.93 bits per heavy atom. The second-order valence-electron chi connectivity index (χ2n) is 10.7. The number of carbonyl (C=O) groups is 1. The smallest absolute Gasteiger partial charge is 0.328 e. The number of imidazole rings is 1. The van der Waals surface area contributed by atoms with Crippen molar-refractivity contribution in [3.63, 3.8) is 0 Å². The average molecular weight is 648 g/mol. The molecule has 1 atom stereocenters. The summed E-state index contributed by atoms with van der Waals surface area (Å²) in [6, 6.07) is 11.5. The summed E-state index contributed by atoms with van der Waals surface area (Å²) in [6.07, 6.45) is 3.01. The second-order valence-corrected chi connectivity index (χ2v) is 11.0. The zero-order valence-electron chi connectivity index (χ0n) is 26.0. The molecule has 0 saturated carbocycles. The van der Waals surface area contributed by atoms with Gasteiger partial charge in [-0.1, -0.05) is 11.6 Å². The fraction of sp³-hybridized carbons (Fsp3) is 0.290. The van der Waals surface area contributed by atoms with Gasteiger partial charge in [0.15, 0.2) is 11.5 Å². The van der Waals surface area contributed by atoms with E-state index in [4.69, 9.17) is 31.5 Å². The van der Waals surface area contributed by atoms with E-state index >= 15 is 0 Å². The molecule has 0 aliphatic heterocycles. The Kier molecular flexibility index (Phi) is 9.68. The number of ether oxygens (including phenoxy) is 3. The number of pyridine rings is 2. The van der Waals surface area contributed by atoms with E-state index < -0.39 is 11.6 Å². The molecule has 14 nitrogen and oxygen atoms in total. The molecule has 15 heteroatoms. The maximum atomic E-state index is 13.3. The maximum Gasteiger partial charge on any atom is 0.328 e. The van der Waals surface area contributed by atoms with Crippen LogP contribution in [0.4, 0.5) is 16.2 Å². The highest BCUT2D eigenvalue weighted by atomic mass is 35.5. The standard InChI is InChI=1S/C31H34ClN9O5/c1-18-6-9-27(38-37-18)40-13-20(10-23(33)30(40)42)16-46-15-19(2)35-31(43)41-17-34-28-24(12-26(32)36-29(28)41)39(3)14-21-7-8-22(44-4)11-25(21)45-5/h6-13,17,19H,14-16,33H2,1-5H3,(H,35,43)/t19-/m1/s1. The number of aromatic nitrogens is 6. The lowest BCUT2D eigenvalue weighted by Gasteiger charge is -2.21. The quantitative estimate of drug-likeness (QED) is 0.201. The Morgan fingerprint density at radius 3 is 2.65 bits per heavy atom. The number of rotatable bonds is 11. The number of carbonyl (C=O) groups excluding carboxylic acids is 1. The number of amides is 1. The molecule has 0 radical (unpaired) electrons. The molecule has 0 bridgehead atoms. The highest BCUT2D eigenvalue weighted by molar-refractivity contribution is 6.30. The molecular weight excluding hydrogens is 614 g/mol. The van der Waals surface area contributed by atoms with Gasteiger partial charge in [0.25, 0.3) is 5.56 Å². The summed E-state index contributed by atoms with van der Waals surface area (Å²) in [7, 11) is 5.09. The van der Waals surface area contributed by atoms with Crippen LogP contribution in [0.1, 0.15) is 23.7 Å². The third kappa shape index (κ3) is 7.03. The molecule has 4 heterocycles. The number of halogens is 1. The first-order valence-corrected chi connectivity index (χ1v) is 14.6. The summed E-state index contributed by atoms with van der Waals surface area (Å²) in [6.45, 7) is 4.39. The molecular formula is C31H34ClN9O5. The molecule has 3 N–H and O–H groups in total. The minimum absolute atomic E-state index is 0.0520. The highest BCUT2D eigenvalue weighted by Crippen LogP contribution is 2.31. The number of hydrogen-bond donors (Lipinski definition) is 2. The van der Waals surface area contributed by atoms with Gasteiger partial charge in [-0.05, 0) is 49.7 Å². The summed E-state index contributed by atoms with van der Waals surface area (Å²) in [4.78, 5) is 36.7. The van der Waals surface area contributed by atoms with E-state index in [2.05, 4.69) is 25.5 Å². The van der Waals surface area contributed by atoms with E-state index in [-0.39, 0.29) is 30.1 Å². The van der Waals surface area contributed by atoms with E-state index in [0.29, 0.717) is 46.3 Å². The summed E-state index contributed by atoms with van der Waals surface area (Å²) in [5.41, 5.74) is 9.40. The number of anilines is 2. The van der Waals surface area contributed by atoms with Crippen molar-refractivity contribution in [1.82, 2.24) is 34.6 Å². The van der Waals surface area contributed by atoms with Crippen molar-refractivity contribution < 1.29 is 19.0 Å². The molecule has 1 aromatic carbocycles. The van der Waals surface area contributed by atoms with Crippen molar-refractivity contribution in [2.24, 2.45) is 0 Å². The molecule has 240 valence electrons. The molecule has 0 spiro atoms. The number of nitrogens with one attached hydrogen (secondary N) is 1. The van der Waals surface area contributed by atoms with Crippen molar-refractivity contribution in [2.75, 3.05) is 38.5 Å².